The van der Waals surface area contributed by atoms with Crippen molar-refractivity contribution in [1.29, 1.82) is 0 Å². The molecule has 5 heteroatoms. The molecular formula is C16H20N4O. The van der Waals surface area contributed by atoms with Crippen LogP contribution in [0.2, 0.25) is 0 Å². The zero-order valence-corrected chi connectivity index (χ0v) is 12.6. The molecule has 21 heavy (non-hydrogen) atoms. The van der Waals surface area contributed by atoms with Gasteiger partial charge in [-0.15, -0.1) is 0 Å². The van der Waals surface area contributed by atoms with E-state index in [-0.39, 0.29) is 11.4 Å². The van der Waals surface area contributed by atoms with Gasteiger partial charge in [-0.05, 0) is 45.7 Å². The predicted octanol–water partition coefficient (Wildman–Crippen LogP) is 3.16. The second-order valence-corrected chi connectivity index (χ2v) is 6.51. The molecule has 0 radical (unpaired) electrons. The molecular weight excluding hydrogens is 264 g/mol. The van der Waals surface area contributed by atoms with Crippen LogP contribution >= 0.6 is 0 Å². The van der Waals surface area contributed by atoms with Crippen molar-refractivity contribution in [2.45, 2.75) is 45.1 Å². The monoisotopic (exact) mass is 284 g/mol. The highest BCUT2D eigenvalue weighted by molar-refractivity contribution is 6.05. The van der Waals surface area contributed by atoms with Gasteiger partial charge in [0.2, 0.25) is 0 Å². The number of hydrogen-bond acceptors (Lipinski definition) is 3. The van der Waals surface area contributed by atoms with Crippen molar-refractivity contribution >= 4 is 11.6 Å². The maximum Gasteiger partial charge on any atom is 0.257 e. The lowest BCUT2D eigenvalue weighted by Gasteiger charge is -2.18. The van der Waals surface area contributed by atoms with Gasteiger partial charge in [-0.25, -0.2) is 0 Å². The summed E-state index contributed by atoms with van der Waals surface area (Å²) in [5, 5.41) is 7.20. The van der Waals surface area contributed by atoms with E-state index in [1.165, 1.54) is 0 Å². The van der Waals surface area contributed by atoms with Crippen LogP contribution < -0.4 is 5.32 Å². The Balaban J connectivity index is 1.79. The van der Waals surface area contributed by atoms with Crippen molar-refractivity contribution in [2.24, 2.45) is 0 Å². The van der Waals surface area contributed by atoms with E-state index in [1.54, 1.807) is 18.5 Å². The first-order valence-electron chi connectivity index (χ1n) is 7.26. The number of anilines is 1. The summed E-state index contributed by atoms with van der Waals surface area (Å²) in [6.07, 6.45) is 7.53. The van der Waals surface area contributed by atoms with Crippen molar-refractivity contribution < 1.29 is 4.79 Å². The van der Waals surface area contributed by atoms with Gasteiger partial charge in [-0.2, -0.15) is 5.10 Å². The van der Waals surface area contributed by atoms with E-state index < -0.39 is 0 Å². The minimum Gasteiger partial charge on any atom is -0.319 e. The largest absolute Gasteiger partial charge is 0.319 e. The van der Waals surface area contributed by atoms with Crippen molar-refractivity contribution in [3.05, 3.63) is 42.0 Å². The fourth-order valence-electron chi connectivity index (χ4n) is 2.24. The summed E-state index contributed by atoms with van der Waals surface area (Å²) in [7, 11) is 0. The van der Waals surface area contributed by atoms with Crippen molar-refractivity contribution in [3.8, 4) is 0 Å². The fourth-order valence-corrected chi connectivity index (χ4v) is 2.24. The van der Waals surface area contributed by atoms with Crippen molar-refractivity contribution in [3.63, 3.8) is 0 Å². The van der Waals surface area contributed by atoms with Gasteiger partial charge in [-0.1, -0.05) is 0 Å². The lowest BCUT2D eigenvalue weighted by atomic mass is 10.1. The minimum absolute atomic E-state index is 0.101. The van der Waals surface area contributed by atoms with E-state index in [4.69, 9.17) is 0 Å². The Hall–Kier alpha value is -2.17. The van der Waals surface area contributed by atoms with Crippen LogP contribution in [0.15, 0.2) is 30.7 Å². The maximum atomic E-state index is 12.4. The molecule has 0 aliphatic heterocycles. The average molecular weight is 284 g/mol. The summed E-state index contributed by atoms with van der Waals surface area (Å²) in [5.74, 6) is 0.336. The molecule has 0 aromatic carbocycles. The zero-order valence-electron chi connectivity index (χ0n) is 12.6. The second-order valence-electron chi connectivity index (χ2n) is 6.51. The van der Waals surface area contributed by atoms with E-state index in [0.29, 0.717) is 17.2 Å². The van der Waals surface area contributed by atoms with Crippen LogP contribution in [-0.4, -0.2) is 20.7 Å². The molecule has 110 valence electrons. The summed E-state index contributed by atoms with van der Waals surface area (Å²) in [6.45, 7) is 6.20. The molecule has 0 unspecified atom stereocenters. The quantitative estimate of drug-likeness (QED) is 0.941. The summed E-state index contributed by atoms with van der Waals surface area (Å²) in [6, 6.07) is 3.64. The third-order valence-electron chi connectivity index (χ3n) is 3.57. The molecule has 3 rings (SSSR count). The van der Waals surface area contributed by atoms with Gasteiger partial charge in [0.25, 0.3) is 5.91 Å². The van der Waals surface area contributed by atoms with E-state index in [2.05, 4.69) is 36.2 Å². The molecule has 0 saturated heterocycles. The Morgan fingerprint density at radius 3 is 2.76 bits per heavy atom. The molecule has 1 aliphatic carbocycles. The van der Waals surface area contributed by atoms with Crippen LogP contribution in [-0.2, 0) is 5.54 Å². The normalized spacial score (nSPS) is 15.0. The summed E-state index contributed by atoms with van der Waals surface area (Å²) >= 11 is 0. The smallest absolute Gasteiger partial charge is 0.257 e. The maximum absolute atomic E-state index is 12.4. The summed E-state index contributed by atoms with van der Waals surface area (Å²) in [4.78, 5) is 16.8. The first-order chi connectivity index (χ1) is 9.95. The van der Waals surface area contributed by atoms with Gasteiger partial charge < -0.3 is 5.32 Å². The van der Waals surface area contributed by atoms with E-state index in [1.807, 2.05) is 16.9 Å². The lowest BCUT2D eigenvalue weighted by molar-refractivity contribution is 0.102. The van der Waals surface area contributed by atoms with Gasteiger partial charge >= 0.3 is 0 Å². The molecule has 2 heterocycles. The van der Waals surface area contributed by atoms with Gasteiger partial charge in [0, 0.05) is 18.3 Å². The van der Waals surface area contributed by atoms with Crippen LogP contribution in [0.25, 0.3) is 0 Å². The molecule has 1 saturated carbocycles. The van der Waals surface area contributed by atoms with Gasteiger partial charge in [0.15, 0.2) is 0 Å². The Kier molecular flexibility index (Phi) is 3.27. The molecule has 1 amide bonds. The van der Waals surface area contributed by atoms with Crippen LogP contribution in [0.3, 0.4) is 0 Å². The molecule has 5 nitrogen and oxygen atoms in total. The molecule has 1 N–H and O–H groups in total. The predicted molar refractivity (Wildman–Crippen MR) is 81.4 cm³/mol. The SMILES string of the molecule is CC(C)(C)n1cc(NC(=O)c2cccnc2C2CC2)cn1. The number of amides is 1. The molecule has 2 aromatic rings. The van der Waals surface area contributed by atoms with Crippen LogP contribution in [0.5, 0.6) is 0 Å². The number of nitrogens with one attached hydrogen (secondary N) is 1. The number of carbonyl (C=O) groups is 1. The molecule has 0 atom stereocenters. The summed E-state index contributed by atoms with van der Waals surface area (Å²) < 4.78 is 1.84. The number of hydrogen-bond donors (Lipinski definition) is 1. The van der Waals surface area contributed by atoms with Crippen LogP contribution in [0.1, 0.15) is 55.6 Å². The zero-order chi connectivity index (χ0) is 15.0. The first-order valence-corrected chi connectivity index (χ1v) is 7.26. The van der Waals surface area contributed by atoms with Gasteiger partial charge in [0.1, 0.15) is 0 Å². The van der Waals surface area contributed by atoms with E-state index in [0.717, 1.165) is 18.5 Å². The number of aromatic nitrogens is 3. The number of carbonyl (C=O) groups excluding carboxylic acids is 1. The molecule has 1 fully saturated rings. The second kappa shape index (κ2) is 4.98. The highest BCUT2D eigenvalue weighted by atomic mass is 16.1. The van der Waals surface area contributed by atoms with Crippen molar-refractivity contribution in [2.75, 3.05) is 5.32 Å². The number of nitrogens with zero attached hydrogens (tertiary/aromatic N) is 3. The Labute approximate surface area is 124 Å². The Morgan fingerprint density at radius 1 is 1.38 bits per heavy atom. The van der Waals surface area contributed by atoms with E-state index >= 15 is 0 Å². The summed E-state index contributed by atoms with van der Waals surface area (Å²) in [5.41, 5.74) is 2.19. The van der Waals surface area contributed by atoms with Gasteiger partial charge in [0.05, 0.1) is 28.7 Å². The Bertz CT molecular complexity index is 665. The molecule has 0 bridgehead atoms. The third-order valence-corrected chi connectivity index (χ3v) is 3.57. The molecule has 2 aromatic heterocycles. The highest BCUT2D eigenvalue weighted by Crippen LogP contribution is 2.40. The third kappa shape index (κ3) is 2.96. The molecule has 0 spiro atoms. The fraction of sp³-hybridized carbons (Fsp3) is 0.438. The van der Waals surface area contributed by atoms with Gasteiger partial charge in [-0.3, -0.25) is 14.5 Å². The minimum atomic E-state index is -0.113. The number of rotatable bonds is 3. The molecule has 1 aliphatic rings. The standard InChI is InChI=1S/C16H20N4O/c1-16(2,3)20-10-12(9-18-20)19-15(21)13-5-4-8-17-14(13)11-6-7-11/h4-5,8-11H,6-7H2,1-3H3,(H,19,21). The van der Waals surface area contributed by atoms with E-state index in [9.17, 15) is 4.79 Å². The number of pyridine rings is 1. The topological polar surface area (TPSA) is 59.8 Å². The average Bonchev–Trinajstić information content (AvgIpc) is 3.17. The van der Waals surface area contributed by atoms with Crippen molar-refractivity contribution in [1.82, 2.24) is 14.8 Å². The van der Waals surface area contributed by atoms with Crippen LogP contribution in [0, 0.1) is 0 Å². The van der Waals surface area contributed by atoms with Crippen LogP contribution in [0.4, 0.5) is 5.69 Å². The lowest BCUT2D eigenvalue weighted by Crippen LogP contribution is -2.22. The Morgan fingerprint density at radius 2 is 2.14 bits per heavy atom. The first kappa shape index (κ1) is 13.8. The highest BCUT2D eigenvalue weighted by Gasteiger charge is 2.29.